The van der Waals surface area contributed by atoms with E-state index in [1.165, 1.54) is 11.0 Å². The summed E-state index contributed by atoms with van der Waals surface area (Å²) in [7, 11) is 0. The normalized spacial score (nSPS) is 19.8. The lowest BCUT2D eigenvalue weighted by Gasteiger charge is -2.14. The molecule has 2 rings (SSSR count). The Kier molecular flexibility index (Phi) is 3.17. The Bertz CT molecular complexity index is 474. The molecule has 1 aromatic rings. The van der Waals surface area contributed by atoms with Gasteiger partial charge in [-0.15, -0.1) is 0 Å². The van der Waals surface area contributed by atoms with Gasteiger partial charge in [-0.2, -0.15) is 0 Å². The molecule has 1 N–H and O–H groups in total. The van der Waals surface area contributed by atoms with Crippen LogP contribution in [-0.4, -0.2) is 33.5 Å². The Morgan fingerprint density at radius 3 is 2.71 bits per heavy atom. The van der Waals surface area contributed by atoms with Crippen molar-refractivity contribution in [2.45, 2.75) is 6.42 Å². The van der Waals surface area contributed by atoms with Crippen LogP contribution in [0.2, 0.25) is 10.4 Å². The Balaban J connectivity index is 2.28. The smallest absolute Gasteiger partial charge is 0.308 e. The highest BCUT2D eigenvalue weighted by Gasteiger charge is 2.35. The van der Waals surface area contributed by atoms with Gasteiger partial charge in [0.1, 0.15) is 11.0 Å². The maximum absolute atomic E-state index is 11.6. The molecule has 0 saturated carbocycles. The predicted molar refractivity (Wildman–Crippen MR) is 60.1 cm³/mol. The van der Waals surface area contributed by atoms with Gasteiger partial charge in [0, 0.05) is 19.0 Å². The molecular formula is C9H7Cl2N3O3. The van der Waals surface area contributed by atoms with E-state index < -0.39 is 11.9 Å². The summed E-state index contributed by atoms with van der Waals surface area (Å²) in [4.78, 5) is 31.2. The topological polar surface area (TPSA) is 83.4 Å². The molecule has 0 radical (unpaired) electrons. The van der Waals surface area contributed by atoms with Crippen molar-refractivity contribution in [1.82, 2.24) is 9.97 Å². The molecule has 1 fully saturated rings. The van der Waals surface area contributed by atoms with E-state index in [9.17, 15) is 9.59 Å². The zero-order valence-corrected chi connectivity index (χ0v) is 9.94. The average molecular weight is 276 g/mol. The zero-order chi connectivity index (χ0) is 12.6. The molecule has 1 saturated heterocycles. The van der Waals surface area contributed by atoms with Crippen molar-refractivity contribution in [2.75, 3.05) is 11.4 Å². The summed E-state index contributed by atoms with van der Waals surface area (Å²) in [6, 6.07) is 1.37. The lowest BCUT2D eigenvalue weighted by atomic mass is 10.1. The van der Waals surface area contributed by atoms with Crippen LogP contribution < -0.4 is 4.90 Å². The van der Waals surface area contributed by atoms with Gasteiger partial charge in [0.05, 0.1) is 5.92 Å². The van der Waals surface area contributed by atoms with E-state index in [0.717, 1.165) is 0 Å². The number of carbonyl (C=O) groups excluding carboxylic acids is 1. The van der Waals surface area contributed by atoms with Crippen LogP contribution >= 0.6 is 23.2 Å². The first-order valence-electron chi connectivity index (χ1n) is 4.70. The first-order valence-corrected chi connectivity index (χ1v) is 5.46. The van der Waals surface area contributed by atoms with Crippen molar-refractivity contribution in [1.29, 1.82) is 0 Å². The number of hydrogen-bond donors (Lipinski definition) is 1. The molecule has 1 unspecified atom stereocenters. The molecule has 2 heterocycles. The Morgan fingerprint density at radius 1 is 1.47 bits per heavy atom. The molecule has 1 aliphatic heterocycles. The van der Waals surface area contributed by atoms with Crippen molar-refractivity contribution in [3.63, 3.8) is 0 Å². The number of carboxylic acid groups (broad SMARTS) is 1. The highest BCUT2D eigenvalue weighted by Crippen LogP contribution is 2.26. The maximum atomic E-state index is 11.6. The minimum atomic E-state index is -1.01. The van der Waals surface area contributed by atoms with Crippen molar-refractivity contribution in [3.05, 3.63) is 16.5 Å². The summed E-state index contributed by atoms with van der Waals surface area (Å²) in [5.74, 6) is -1.82. The van der Waals surface area contributed by atoms with Crippen molar-refractivity contribution in [2.24, 2.45) is 5.92 Å². The third kappa shape index (κ3) is 2.48. The van der Waals surface area contributed by atoms with E-state index in [4.69, 9.17) is 28.3 Å². The summed E-state index contributed by atoms with van der Waals surface area (Å²) in [5.41, 5.74) is 0. The van der Waals surface area contributed by atoms with Crippen molar-refractivity contribution >= 4 is 40.9 Å². The SMILES string of the molecule is O=C(O)C1CC(=O)N(c2cc(Cl)nc(Cl)n2)C1. The van der Waals surface area contributed by atoms with E-state index in [2.05, 4.69) is 9.97 Å². The van der Waals surface area contributed by atoms with Crippen LogP contribution in [0.3, 0.4) is 0 Å². The summed E-state index contributed by atoms with van der Waals surface area (Å²) in [6.07, 6.45) is -0.0470. The third-order valence-corrected chi connectivity index (χ3v) is 2.77. The second kappa shape index (κ2) is 4.46. The molecule has 1 aromatic heterocycles. The lowest BCUT2D eigenvalue weighted by Crippen LogP contribution is -2.26. The van der Waals surface area contributed by atoms with Crippen molar-refractivity contribution < 1.29 is 14.7 Å². The Labute approximate surface area is 106 Å². The number of hydrogen-bond acceptors (Lipinski definition) is 4. The second-order valence-corrected chi connectivity index (χ2v) is 4.29. The standard InChI is InChI=1S/C9H7Cl2N3O3/c10-5-2-6(13-9(11)12-5)14-3-4(8(16)17)1-7(14)15/h2,4H,1,3H2,(H,16,17). The number of rotatable bonds is 2. The summed E-state index contributed by atoms with van der Waals surface area (Å²) < 4.78 is 0. The van der Waals surface area contributed by atoms with Crippen LogP contribution in [0, 0.1) is 5.92 Å². The van der Waals surface area contributed by atoms with Crippen LogP contribution in [0.25, 0.3) is 0 Å². The number of aromatic nitrogens is 2. The fourth-order valence-electron chi connectivity index (χ4n) is 1.61. The first-order chi connectivity index (χ1) is 7.97. The summed E-state index contributed by atoms with van der Waals surface area (Å²) >= 11 is 11.3. The van der Waals surface area contributed by atoms with E-state index in [-0.39, 0.29) is 35.1 Å². The van der Waals surface area contributed by atoms with Crippen LogP contribution in [0.15, 0.2) is 6.07 Å². The van der Waals surface area contributed by atoms with Gasteiger partial charge in [0.15, 0.2) is 0 Å². The fourth-order valence-corrected chi connectivity index (χ4v) is 2.01. The zero-order valence-electron chi connectivity index (χ0n) is 8.43. The van der Waals surface area contributed by atoms with Crippen LogP contribution in [0.1, 0.15) is 6.42 Å². The molecule has 90 valence electrons. The number of nitrogens with zero attached hydrogens (tertiary/aromatic N) is 3. The second-order valence-electron chi connectivity index (χ2n) is 3.56. The van der Waals surface area contributed by atoms with E-state index >= 15 is 0 Å². The highest BCUT2D eigenvalue weighted by atomic mass is 35.5. The van der Waals surface area contributed by atoms with Crippen molar-refractivity contribution in [3.8, 4) is 0 Å². The van der Waals surface area contributed by atoms with Crippen LogP contribution in [0.4, 0.5) is 5.82 Å². The van der Waals surface area contributed by atoms with E-state index in [0.29, 0.717) is 0 Å². The number of aliphatic carboxylic acids is 1. The molecular weight excluding hydrogens is 269 g/mol. The number of anilines is 1. The lowest BCUT2D eigenvalue weighted by molar-refractivity contribution is -0.141. The average Bonchev–Trinajstić information content (AvgIpc) is 2.59. The monoisotopic (exact) mass is 275 g/mol. The maximum Gasteiger partial charge on any atom is 0.308 e. The first kappa shape index (κ1) is 12.1. The molecule has 0 aromatic carbocycles. The molecule has 0 aliphatic carbocycles. The van der Waals surface area contributed by atoms with Crippen LogP contribution in [-0.2, 0) is 9.59 Å². The molecule has 0 spiro atoms. The Morgan fingerprint density at radius 2 is 2.18 bits per heavy atom. The molecule has 1 amide bonds. The van der Waals surface area contributed by atoms with Gasteiger partial charge in [-0.05, 0) is 11.6 Å². The number of amides is 1. The third-order valence-electron chi connectivity index (χ3n) is 2.40. The van der Waals surface area contributed by atoms with Gasteiger partial charge < -0.3 is 5.11 Å². The summed E-state index contributed by atoms with van der Waals surface area (Å²) in [6.45, 7) is 0.0673. The minimum absolute atomic E-state index is 0.0470. The minimum Gasteiger partial charge on any atom is -0.481 e. The largest absolute Gasteiger partial charge is 0.481 e. The Hall–Kier alpha value is -1.40. The van der Waals surface area contributed by atoms with Gasteiger partial charge in [0.2, 0.25) is 11.2 Å². The predicted octanol–water partition coefficient (Wildman–Crippen LogP) is 1.22. The number of carboxylic acids is 1. The van der Waals surface area contributed by atoms with Crippen LogP contribution in [0.5, 0.6) is 0 Å². The number of carbonyl (C=O) groups is 2. The molecule has 6 nitrogen and oxygen atoms in total. The van der Waals surface area contributed by atoms with Gasteiger partial charge in [-0.25, -0.2) is 9.97 Å². The molecule has 8 heteroatoms. The summed E-state index contributed by atoms with van der Waals surface area (Å²) in [5, 5.41) is 8.86. The molecule has 1 aliphatic rings. The molecule has 17 heavy (non-hydrogen) atoms. The van der Waals surface area contributed by atoms with Gasteiger partial charge in [-0.1, -0.05) is 11.6 Å². The van der Waals surface area contributed by atoms with Gasteiger partial charge in [0.25, 0.3) is 0 Å². The quantitative estimate of drug-likeness (QED) is 0.648. The molecule has 0 bridgehead atoms. The highest BCUT2D eigenvalue weighted by molar-refractivity contribution is 6.32. The van der Waals surface area contributed by atoms with E-state index in [1.54, 1.807) is 0 Å². The van der Waals surface area contributed by atoms with E-state index in [1.807, 2.05) is 0 Å². The van der Waals surface area contributed by atoms with Gasteiger partial charge in [-0.3, -0.25) is 14.5 Å². The number of halogens is 2. The van der Waals surface area contributed by atoms with Gasteiger partial charge >= 0.3 is 5.97 Å². The molecule has 1 atom stereocenters. The fraction of sp³-hybridized carbons (Fsp3) is 0.333.